The largest absolute Gasteiger partial charge is 0.469 e. The van der Waals surface area contributed by atoms with Crippen molar-refractivity contribution in [3.8, 4) is 0 Å². The van der Waals surface area contributed by atoms with Crippen LogP contribution in [0.2, 0.25) is 0 Å². The fourth-order valence-electron chi connectivity index (χ4n) is 4.65. The number of rotatable bonds is 34. The molecular formula is C45H69O10P. The zero-order chi connectivity index (χ0) is 41.4. The average molecular weight is 801 g/mol. The van der Waals surface area contributed by atoms with Crippen LogP contribution in [0, 0.1) is 0 Å². The summed E-state index contributed by atoms with van der Waals surface area (Å²) in [4.78, 5) is 42.8. The Morgan fingerprint density at radius 3 is 1.68 bits per heavy atom. The molecule has 0 bridgehead atoms. The first-order chi connectivity index (χ1) is 27.1. The molecule has 0 fully saturated rings. The monoisotopic (exact) mass is 800 g/mol. The maximum absolute atomic E-state index is 12.4. The Bertz CT molecular complexity index is 1350. The van der Waals surface area contributed by atoms with Gasteiger partial charge in [-0.1, -0.05) is 148 Å². The number of hydrogen-bond donors (Lipinski definition) is 4. The van der Waals surface area contributed by atoms with Crippen molar-refractivity contribution in [2.75, 3.05) is 13.2 Å². The molecule has 0 aliphatic carbocycles. The van der Waals surface area contributed by atoms with E-state index in [2.05, 4.69) is 79.1 Å². The Kier molecular flexibility index (Phi) is 35.8. The summed E-state index contributed by atoms with van der Waals surface area (Å²) < 4.78 is 26.1. The van der Waals surface area contributed by atoms with E-state index in [0.29, 0.717) is 32.1 Å². The summed E-state index contributed by atoms with van der Waals surface area (Å²) in [7, 11) is -4.84. The van der Waals surface area contributed by atoms with Crippen LogP contribution >= 0.6 is 7.82 Å². The molecule has 314 valence electrons. The number of aliphatic hydroxyl groups is 2. The predicted octanol–water partition coefficient (Wildman–Crippen LogP) is 10.1. The number of unbranched alkanes of at least 4 members (excludes halogenated alkanes) is 3. The second kappa shape index (κ2) is 38.3. The van der Waals surface area contributed by atoms with Crippen LogP contribution in [0.25, 0.3) is 0 Å². The molecule has 0 unspecified atom stereocenters. The molecule has 0 spiro atoms. The van der Waals surface area contributed by atoms with Crippen LogP contribution in [0.4, 0.5) is 0 Å². The Hall–Kier alpha value is -3.63. The SMILES string of the molecule is CC/C=C\C/C=C\C/C=C\C/C=C\C/C=C\C/C=C\CCC(=O)O[C@H](COC(=O)CCC[C@H](O)\C=C/C=C/C=C/[C@H](O)C/C=C\CCCCC)COP(=O)(O)O. The summed E-state index contributed by atoms with van der Waals surface area (Å²) in [6.07, 6.45) is 48.5. The van der Waals surface area contributed by atoms with Gasteiger partial charge in [-0.25, -0.2) is 4.57 Å². The number of carbonyl (C=O) groups excluding carboxylic acids is 2. The minimum Gasteiger partial charge on any atom is -0.462 e. The van der Waals surface area contributed by atoms with Crippen LogP contribution < -0.4 is 0 Å². The van der Waals surface area contributed by atoms with E-state index in [-0.39, 0.29) is 12.8 Å². The molecule has 0 aromatic heterocycles. The van der Waals surface area contributed by atoms with Crippen molar-refractivity contribution in [2.45, 2.75) is 135 Å². The van der Waals surface area contributed by atoms with E-state index in [9.17, 15) is 24.4 Å². The minimum atomic E-state index is -4.84. The summed E-state index contributed by atoms with van der Waals surface area (Å²) in [5, 5.41) is 20.2. The van der Waals surface area contributed by atoms with E-state index in [4.69, 9.17) is 19.3 Å². The molecule has 0 aromatic carbocycles. The van der Waals surface area contributed by atoms with Crippen LogP contribution in [-0.2, 0) is 28.2 Å². The average Bonchev–Trinajstić information content (AvgIpc) is 3.16. The molecule has 0 amide bonds. The maximum Gasteiger partial charge on any atom is 0.469 e. The van der Waals surface area contributed by atoms with Crippen molar-refractivity contribution < 1.29 is 48.2 Å². The fraction of sp³-hybridized carbons (Fsp3) is 0.511. The summed E-state index contributed by atoms with van der Waals surface area (Å²) in [5.74, 6) is -1.24. The molecule has 0 heterocycles. The van der Waals surface area contributed by atoms with E-state index in [1.165, 1.54) is 12.8 Å². The first kappa shape index (κ1) is 52.4. The van der Waals surface area contributed by atoms with Gasteiger partial charge < -0.3 is 29.5 Å². The van der Waals surface area contributed by atoms with Crippen molar-refractivity contribution in [1.29, 1.82) is 0 Å². The van der Waals surface area contributed by atoms with Gasteiger partial charge in [-0.2, -0.15) is 0 Å². The van der Waals surface area contributed by atoms with Crippen molar-refractivity contribution in [1.82, 2.24) is 0 Å². The predicted molar refractivity (Wildman–Crippen MR) is 227 cm³/mol. The molecule has 0 radical (unpaired) electrons. The Balaban J connectivity index is 4.36. The summed E-state index contributed by atoms with van der Waals surface area (Å²) >= 11 is 0. The number of esters is 2. The van der Waals surface area contributed by atoms with E-state index in [1.54, 1.807) is 36.5 Å². The van der Waals surface area contributed by atoms with E-state index in [0.717, 1.165) is 44.9 Å². The Morgan fingerprint density at radius 1 is 0.589 bits per heavy atom. The van der Waals surface area contributed by atoms with E-state index < -0.39 is 51.3 Å². The van der Waals surface area contributed by atoms with E-state index in [1.807, 2.05) is 24.3 Å². The molecule has 3 atom stereocenters. The van der Waals surface area contributed by atoms with Gasteiger partial charge in [-0.05, 0) is 77.0 Å². The number of aliphatic hydroxyl groups excluding tert-OH is 2. The molecule has 0 rings (SSSR count). The second-order valence-electron chi connectivity index (χ2n) is 12.9. The van der Waals surface area contributed by atoms with Crippen molar-refractivity contribution in [3.05, 3.63) is 122 Å². The van der Waals surface area contributed by atoms with E-state index >= 15 is 0 Å². The number of phosphoric acid groups is 1. The third kappa shape index (κ3) is 40.0. The summed E-state index contributed by atoms with van der Waals surface area (Å²) in [5.41, 5.74) is 0. The lowest BCUT2D eigenvalue weighted by Crippen LogP contribution is -2.29. The lowest BCUT2D eigenvalue weighted by atomic mass is 10.1. The van der Waals surface area contributed by atoms with Gasteiger partial charge in [0.25, 0.3) is 0 Å². The molecule has 0 saturated carbocycles. The topological polar surface area (TPSA) is 160 Å². The lowest BCUT2D eigenvalue weighted by molar-refractivity contribution is -0.161. The van der Waals surface area contributed by atoms with Crippen molar-refractivity contribution in [3.63, 3.8) is 0 Å². The van der Waals surface area contributed by atoms with Gasteiger partial charge >= 0.3 is 19.8 Å². The fourth-order valence-corrected chi connectivity index (χ4v) is 5.01. The smallest absolute Gasteiger partial charge is 0.462 e. The second-order valence-corrected chi connectivity index (χ2v) is 14.2. The van der Waals surface area contributed by atoms with Crippen molar-refractivity contribution in [2.24, 2.45) is 0 Å². The molecular weight excluding hydrogens is 731 g/mol. The highest BCUT2D eigenvalue weighted by Gasteiger charge is 2.22. The van der Waals surface area contributed by atoms with Crippen LogP contribution in [0.15, 0.2) is 122 Å². The number of carbonyl (C=O) groups is 2. The van der Waals surface area contributed by atoms with Crippen LogP contribution in [-0.4, -0.2) is 63.5 Å². The van der Waals surface area contributed by atoms with Crippen LogP contribution in [0.1, 0.15) is 117 Å². The third-order valence-corrected chi connectivity index (χ3v) is 8.15. The van der Waals surface area contributed by atoms with Gasteiger partial charge in [-0.15, -0.1) is 0 Å². The first-order valence-electron chi connectivity index (χ1n) is 20.0. The highest BCUT2D eigenvalue weighted by Crippen LogP contribution is 2.35. The minimum absolute atomic E-state index is 0.0168. The van der Waals surface area contributed by atoms with Gasteiger partial charge in [0.05, 0.1) is 18.8 Å². The molecule has 11 heteroatoms. The molecule has 0 aliphatic heterocycles. The molecule has 4 N–H and O–H groups in total. The quantitative estimate of drug-likeness (QED) is 0.0162. The zero-order valence-electron chi connectivity index (χ0n) is 33.7. The lowest BCUT2D eigenvalue weighted by Gasteiger charge is -2.18. The highest BCUT2D eigenvalue weighted by atomic mass is 31.2. The zero-order valence-corrected chi connectivity index (χ0v) is 34.6. The normalized spacial score (nSPS) is 14.9. The van der Waals surface area contributed by atoms with Crippen LogP contribution in [0.5, 0.6) is 0 Å². The Labute approximate surface area is 336 Å². The van der Waals surface area contributed by atoms with Gasteiger partial charge in [-0.3, -0.25) is 14.1 Å². The summed E-state index contributed by atoms with van der Waals surface area (Å²) in [6.45, 7) is 3.21. The first-order valence-corrected chi connectivity index (χ1v) is 21.6. The summed E-state index contributed by atoms with van der Waals surface area (Å²) in [6, 6.07) is 0. The highest BCUT2D eigenvalue weighted by molar-refractivity contribution is 7.46. The molecule has 10 nitrogen and oxygen atoms in total. The van der Waals surface area contributed by atoms with Crippen molar-refractivity contribution >= 4 is 19.8 Å². The third-order valence-electron chi connectivity index (χ3n) is 7.67. The number of phosphoric ester groups is 1. The standard InChI is InChI=1S/C45H69O10P/c1-3-5-7-9-11-12-13-14-15-16-17-18-19-20-21-22-23-25-31-37-45(49)55-43(40-54-56(50,51)52)39-53-44(48)38-32-36-42(47)35-30-27-26-29-34-41(46)33-28-24-10-8-6-4-2/h5,7,11-12,14-15,17-18,20-21,23-30,34-35,41-43,46-47H,3-4,6,8-10,13,16,19,22,31-33,36-40H2,1-2H3,(H2,50,51,52)/b7-5-,12-11-,15-14-,18-17-,21-20-,25-23-,27-26+,28-24-,34-29+,35-30-/t41-,42-,43-/m1/s1. The molecule has 0 aromatic rings. The van der Waals surface area contributed by atoms with Crippen LogP contribution in [0.3, 0.4) is 0 Å². The van der Waals surface area contributed by atoms with Gasteiger partial charge in [0, 0.05) is 12.8 Å². The van der Waals surface area contributed by atoms with Gasteiger partial charge in [0.1, 0.15) is 6.61 Å². The molecule has 0 aliphatic rings. The number of ether oxygens (including phenoxy) is 2. The Morgan fingerprint density at radius 2 is 1.12 bits per heavy atom. The number of allylic oxidation sites excluding steroid dienone is 17. The number of hydrogen-bond acceptors (Lipinski definition) is 8. The van der Waals surface area contributed by atoms with Gasteiger partial charge in [0.2, 0.25) is 0 Å². The molecule has 0 saturated heterocycles. The van der Waals surface area contributed by atoms with Gasteiger partial charge in [0.15, 0.2) is 6.10 Å². The maximum atomic E-state index is 12.4. The molecule has 56 heavy (non-hydrogen) atoms.